The average molecular weight is 856 g/mol. The Kier molecular flexibility index (Phi) is 15.1. The minimum atomic E-state index is -5.73. The number of hydrogen-bond acceptors (Lipinski definition) is 24. The van der Waals surface area contributed by atoms with Crippen molar-refractivity contribution >= 4 is 32.8 Å². The molecule has 0 radical (unpaired) electrons. The van der Waals surface area contributed by atoms with E-state index in [4.69, 9.17) is 39.3 Å². The van der Waals surface area contributed by atoms with Gasteiger partial charge in [-0.3, -0.25) is 23.4 Å². The van der Waals surface area contributed by atoms with Crippen molar-refractivity contribution in [3.63, 3.8) is 0 Å². The zero-order chi connectivity index (χ0) is 41.1. The molecule has 14 N–H and O–H groups in total. The Hall–Kier alpha value is -2.19. The number of nitrogens with one attached hydrogen (secondary N) is 1. The minimum absolute atomic E-state index is 0.140. The fraction of sp³-hybridized carbons (Fsp3) is 0.808. The van der Waals surface area contributed by atoms with E-state index in [1.54, 1.807) is 0 Å². The summed E-state index contributed by atoms with van der Waals surface area (Å²) >= 11 is 0. The quantitative estimate of drug-likeness (QED) is 0.0489. The molecule has 5 rings (SSSR count). The van der Waals surface area contributed by atoms with Crippen LogP contribution in [0.3, 0.4) is 0 Å². The van der Waals surface area contributed by atoms with E-state index < -0.39 is 127 Å². The van der Waals surface area contributed by atoms with E-state index in [1.165, 1.54) is 0 Å². The highest BCUT2D eigenvalue weighted by Crippen LogP contribution is 2.61. The van der Waals surface area contributed by atoms with Crippen LogP contribution in [0.5, 0.6) is 0 Å². The van der Waals surface area contributed by atoms with Crippen molar-refractivity contribution in [2.24, 2.45) is 0 Å². The molecule has 3 fully saturated rings. The van der Waals surface area contributed by atoms with Crippen LogP contribution < -0.4 is 11.3 Å². The van der Waals surface area contributed by atoms with Gasteiger partial charge in [0.1, 0.15) is 67.1 Å². The molecule has 320 valence electrons. The number of rotatable bonds is 18. The normalized spacial score (nSPS) is 37.4. The molecule has 2 aromatic heterocycles. The summed E-state index contributed by atoms with van der Waals surface area (Å²) in [5.41, 5.74) is 4.51. The van der Waals surface area contributed by atoms with E-state index in [1.807, 2.05) is 0 Å². The molecule has 56 heavy (non-hydrogen) atoms. The third-order valence-electron chi connectivity index (χ3n) is 8.55. The highest BCUT2D eigenvalue weighted by atomic mass is 31.3. The summed E-state index contributed by atoms with van der Waals surface area (Å²) in [6.07, 6.45) is -22.8. The predicted molar refractivity (Wildman–Crippen MR) is 174 cm³/mol. The Morgan fingerprint density at radius 1 is 0.750 bits per heavy atom. The van der Waals surface area contributed by atoms with Gasteiger partial charge in [0.2, 0.25) is 5.95 Å². The first kappa shape index (κ1) is 44.9. The molecule has 28 nitrogen and oxygen atoms in total. The SMILES string of the molecule is Nc1nc2c(ncn2[C@@H]2O[C@H](COP(=O)(O)OP(=O)(O)O[C@H]3O[C@@H](COCCOC[C@H]4O[C@@H](OCCO)[C@H](O)[C@@H](O)[C@H]4O)[C@@H](O)[C@@H](O)[C@@H]3O)[C@@H](O)[C@H]2O)c(=O)[nH]1. The van der Waals surface area contributed by atoms with Crippen LogP contribution in [0.25, 0.3) is 11.2 Å². The summed E-state index contributed by atoms with van der Waals surface area (Å²) in [6.45, 7) is -2.96. The second-order valence-electron chi connectivity index (χ2n) is 12.5. The number of aromatic amines is 1. The van der Waals surface area contributed by atoms with Crippen molar-refractivity contribution in [1.82, 2.24) is 19.5 Å². The highest BCUT2D eigenvalue weighted by molar-refractivity contribution is 7.61. The van der Waals surface area contributed by atoms with Gasteiger partial charge in [-0.15, -0.1) is 0 Å². The maximum atomic E-state index is 12.7. The maximum absolute atomic E-state index is 12.7. The third kappa shape index (κ3) is 10.5. The Labute approximate surface area is 313 Å². The summed E-state index contributed by atoms with van der Waals surface area (Å²) in [6, 6.07) is 0. The number of nitrogen functional groups attached to an aromatic ring is 1. The molecule has 2 unspecified atom stereocenters. The van der Waals surface area contributed by atoms with Crippen molar-refractivity contribution in [3.8, 4) is 0 Å². The molecule has 0 spiro atoms. The lowest BCUT2D eigenvalue weighted by Crippen LogP contribution is -2.59. The molecule has 0 aromatic carbocycles. The van der Waals surface area contributed by atoms with E-state index in [2.05, 4.69) is 28.3 Å². The van der Waals surface area contributed by atoms with Gasteiger partial charge in [-0.05, 0) is 0 Å². The monoisotopic (exact) mass is 855 g/mol. The lowest BCUT2D eigenvalue weighted by molar-refractivity contribution is -0.304. The number of hydrogen-bond donors (Lipinski definition) is 13. The third-order valence-corrected chi connectivity index (χ3v) is 11.2. The van der Waals surface area contributed by atoms with Gasteiger partial charge in [0.25, 0.3) is 5.56 Å². The van der Waals surface area contributed by atoms with E-state index in [0.29, 0.717) is 0 Å². The van der Waals surface area contributed by atoms with Gasteiger partial charge in [0, 0.05) is 0 Å². The zero-order valence-corrected chi connectivity index (χ0v) is 30.5. The Balaban J connectivity index is 1.08. The molecule has 3 saturated heterocycles. The lowest BCUT2D eigenvalue weighted by atomic mass is 9.99. The summed E-state index contributed by atoms with van der Waals surface area (Å²) in [5, 5.41) is 91.1. The second-order valence-corrected chi connectivity index (χ2v) is 15.5. The van der Waals surface area contributed by atoms with Crippen molar-refractivity contribution in [2.45, 2.75) is 86.0 Å². The van der Waals surface area contributed by atoms with Crippen molar-refractivity contribution in [3.05, 3.63) is 16.7 Å². The summed E-state index contributed by atoms with van der Waals surface area (Å²) < 4.78 is 71.8. The first-order chi connectivity index (χ1) is 26.3. The van der Waals surface area contributed by atoms with Crippen molar-refractivity contribution < 1.29 is 107 Å². The van der Waals surface area contributed by atoms with Gasteiger partial charge in [0.15, 0.2) is 30.0 Å². The highest BCUT2D eigenvalue weighted by Gasteiger charge is 2.50. The van der Waals surface area contributed by atoms with Gasteiger partial charge < -0.3 is 89.9 Å². The van der Waals surface area contributed by atoms with Crippen LogP contribution in [0.1, 0.15) is 6.23 Å². The van der Waals surface area contributed by atoms with Gasteiger partial charge in [-0.2, -0.15) is 9.29 Å². The number of nitrogens with two attached hydrogens (primary N) is 1. The molecular weight excluding hydrogens is 812 g/mol. The van der Waals surface area contributed by atoms with Crippen LogP contribution in [0, 0.1) is 0 Å². The van der Waals surface area contributed by atoms with Crippen LogP contribution in [0.15, 0.2) is 11.1 Å². The smallest absolute Gasteiger partial charge is 0.394 e. The van der Waals surface area contributed by atoms with E-state index in [0.717, 1.165) is 10.9 Å². The second kappa shape index (κ2) is 18.8. The number of fused-ring (bicyclic) bond motifs is 1. The number of aliphatic hydroxyl groups excluding tert-OH is 9. The van der Waals surface area contributed by atoms with Crippen LogP contribution in [0.2, 0.25) is 0 Å². The summed E-state index contributed by atoms with van der Waals surface area (Å²) in [5.74, 6) is -0.300. The molecule has 0 bridgehead atoms. The van der Waals surface area contributed by atoms with E-state index in [9.17, 15) is 64.6 Å². The topological polar surface area (TPSA) is 429 Å². The van der Waals surface area contributed by atoms with Gasteiger partial charge >= 0.3 is 15.6 Å². The van der Waals surface area contributed by atoms with Crippen molar-refractivity contribution in [1.29, 1.82) is 0 Å². The fourth-order valence-electron chi connectivity index (χ4n) is 5.72. The molecule has 16 atom stereocenters. The maximum Gasteiger partial charge on any atom is 0.483 e. The summed E-state index contributed by atoms with van der Waals surface area (Å²) in [4.78, 5) is 42.4. The molecule has 30 heteroatoms. The Morgan fingerprint density at radius 3 is 1.91 bits per heavy atom. The predicted octanol–water partition coefficient (Wildman–Crippen LogP) is -6.77. The molecular formula is C26H43N5O23P2. The number of imidazole rings is 1. The molecule has 0 amide bonds. The first-order valence-corrected chi connectivity index (χ1v) is 19.5. The number of H-pyrrole nitrogens is 1. The first-order valence-electron chi connectivity index (χ1n) is 16.5. The van der Waals surface area contributed by atoms with Crippen LogP contribution in [0.4, 0.5) is 5.95 Å². The molecule has 3 aliphatic rings. The molecule has 0 saturated carbocycles. The Morgan fingerprint density at radius 2 is 1.30 bits per heavy atom. The Bertz CT molecular complexity index is 1760. The van der Waals surface area contributed by atoms with Crippen LogP contribution in [-0.4, -0.2) is 201 Å². The molecule has 3 aliphatic heterocycles. The molecule has 0 aliphatic carbocycles. The zero-order valence-electron chi connectivity index (χ0n) is 28.7. The number of phosphoric ester groups is 2. The minimum Gasteiger partial charge on any atom is -0.394 e. The van der Waals surface area contributed by atoms with E-state index >= 15 is 0 Å². The number of ether oxygens (including phenoxy) is 6. The van der Waals surface area contributed by atoms with Gasteiger partial charge in [-0.1, -0.05) is 0 Å². The lowest BCUT2D eigenvalue weighted by Gasteiger charge is -2.40. The molecule has 2 aromatic rings. The van der Waals surface area contributed by atoms with Crippen LogP contribution in [-0.2, 0) is 50.9 Å². The average Bonchev–Trinajstić information content (AvgIpc) is 3.67. The number of phosphoric acid groups is 2. The number of aromatic nitrogens is 4. The van der Waals surface area contributed by atoms with Crippen LogP contribution >= 0.6 is 15.6 Å². The number of anilines is 1. The standard InChI is InChI=1S/C26H43N5O23P2/c27-26-29-21-12(22(41)30-26)28-8-31(21)23-18(38)15(35)11(50-23)7-49-55(42,43)54-56(44,45)53-25-20(40)17(37)14(34)10(52-25)6-47-4-3-46-5-9-13(33)16(36)19(39)24(51-9)48-2-1-32/h8-11,13-20,23-25,32-40H,1-7H2,(H,42,43)(H,44,45)(H3,27,29,30,41)/t9-,10+,11-,13+,14-,15-,16+,17-,18-,19-,20+,23-,24-,25-/m1/s1. The van der Waals surface area contributed by atoms with E-state index in [-0.39, 0.29) is 43.5 Å². The number of nitrogens with zero attached hydrogens (tertiary/aromatic N) is 3. The fourth-order valence-corrected chi connectivity index (χ4v) is 7.87. The van der Waals surface area contributed by atoms with Gasteiger partial charge in [0.05, 0.1) is 52.6 Å². The van der Waals surface area contributed by atoms with Crippen molar-refractivity contribution in [2.75, 3.05) is 52.0 Å². The largest absolute Gasteiger partial charge is 0.483 e. The summed E-state index contributed by atoms with van der Waals surface area (Å²) in [7, 11) is -11.3. The number of aliphatic hydroxyl groups is 9. The molecule has 5 heterocycles. The van der Waals surface area contributed by atoms with Gasteiger partial charge in [-0.25, -0.2) is 14.1 Å².